The molecule has 0 atom stereocenters. The van der Waals surface area contributed by atoms with Crippen molar-refractivity contribution < 1.29 is 4.74 Å². The molecule has 0 spiro atoms. The second-order valence-electron chi connectivity index (χ2n) is 8.25. The summed E-state index contributed by atoms with van der Waals surface area (Å²) in [4.78, 5) is 2.28. The van der Waals surface area contributed by atoms with Gasteiger partial charge in [0, 0.05) is 16.8 Å². The van der Waals surface area contributed by atoms with Gasteiger partial charge in [-0.3, -0.25) is 0 Å². The molecule has 0 aliphatic heterocycles. The fourth-order valence-electron chi connectivity index (χ4n) is 4.64. The van der Waals surface area contributed by atoms with Gasteiger partial charge in [-0.05, 0) is 58.7 Å². The third-order valence-electron chi connectivity index (χ3n) is 6.15. The largest absolute Gasteiger partial charge is 0.495 e. The number of fused-ring (bicyclic) bond motifs is 3. The van der Waals surface area contributed by atoms with E-state index in [0.717, 1.165) is 22.8 Å². The summed E-state index contributed by atoms with van der Waals surface area (Å²) in [5, 5.41) is 0. The van der Waals surface area contributed by atoms with Gasteiger partial charge < -0.3 is 9.64 Å². The van der Waals surface area contributed by atoms with Crippen LogP contribution < -0.4 is 9.64 Å². The van der Waals surface area contributed by atoms with E-state index in [2.05, 4.69) is 104 Å². The monoisotopic (exact) mass is 391 g/mol. The van der Waals surface area contributed by atoms with Crippen LogP contribution in [0.15, 0.2) is 97.1 Å². The van der Waals surface area contributed by atoms with Crippen LogP contribution in [-0.2, 0) is 5.41 Å². The first-order chi connectivity index (χ1) is 14.6. The summed E-state index contributed by atoms with van der Waals surface area (Å²) in [6.45, 7) is 4.62. The molecule has 0 aromatic heterocycles. The maximum Gasteiger partial charge on any atom is 0.143 e. The van der Waals surface area contributed by atoms with Gasteiger partial charge in [0.15, 0.2) is 0 Å². The zero-order valence-electron chi connectivity index (χ0n) is 17.6. The minimum absolute atomic E-state index is 0.0635. The molecule has 5 rings (SSSR count). The average molecular weight is 392 g/mol. The van der Waals surface area contributed by atoms with E-state index >= 15 is 0 Å². The summed E-state index contributed by atoms with van der Waals surface area (Å²) in [5.41, 5.74) is 8.46. The van der Waals surface area contributed by atoms with Crippen molar-refractivity contribution in [3.05, 3.63) is 108 Å². The summed E-state index contributed by atoms with van der Waals surface area (Å²) in [6.07, 6.45) is 0. The van der Waals surface area contributed by atoms with Gasteiger partial charge in [0.1, 0.15) is 5.75 Å². The zero-order valence-corrected chi connectivity index (χ0v) is 17.6. The number of anilines is 3. The molecule has 4 aromatic rings. The highest BCUT2D eigenvalue weighted by molar-refractivity contribution is 5.88. The molecular weight excluding hydrogens is 366 g/mol. The van der Waals surface area contributed by atoms with E-state index in [1.54, 1.807) is 7.11 Å². The first-order valence-electron chi connectivity index (χ1n) is 10.3. The van der Waals surface area contributed by atoms with Crippen molar-refractivity contribution in [3.63, 3.8) is 0 Å². The standard InChI is InChI=1S/C28H25NO/c1-28(2)24-17-11-10-16-22(24)23-18-27(30-3)26(19-25(23)28)29(20-12-6-4-7-13-20)21-14-8-5-9-15-21/h4-19H,1-3H3. The normalized spacial score (nSPS) is 13.4. The van der Waals surface area contributed by atoms with Gasteiger partial charge in [0.25, 0.3) is 0 Å². The third-order valence-corrected chi connectivity index (χ3v) is 6.15. The lowest BCUT2D eigenvalue weighted by Gasteiger charge is -2.29. The van der Waals surface area contributed by atoms with Crippen LogP contribution in [0.5, 0.6) is 5.75 Å². The van der Waals surface area contributed by atoms with E-state index in [4.69, 9.17) is 4.74 Å². The second-order valence-corrected chi connectivity index (χ2v) is 8.25. The van der Waals surface area contributed by atoms with Gasteiger partial charge in [-0.15, -0.1) is 0 Å². The molecule has 148 valence electrons. The number of rotatable bonds is 4. The Morgan fingerprint density at radius 3 is 1.80 bits per heavy atom. The Hall–Kier alpha value is -3.52. The Balaban J connectivity index is 1.77. The van der Waals surface area contributed by atoms with Crippen molar-refractivity contribution in [1.82, 2.24) is 0 Å². The number of nitrogens with zero attached hydrogens (tertiary/aromatic N) is 1. The summed E-state index contributed by atoms with van der Waals surface area (Å²) in [7, 11) is 1.76. The van der Waals surface area contributed by atoms with Gasteiger partial charge >= 0.3 is 0 Å². The molecule has 0 saturated carbocycles. The molecule has 2 heteroatoms. The number of benzene rings is 4. The Labute approximate surface area is 178 Å². The maximum atomic E-state index is 5.94. The fraction of sp³-hybridized carbons (Fsp3) is 0.143. The highest BCUT2D eigenvalue weighted by atomic mass is 16.5. The zero-order chi connectivity index (χ0) is 20.7. The Morgan fingerprint density at radius 2 is 1.20 bits per heavy atom. The van der Waals surface area contributed by atoms with Crippen LogP contribution in [0.2, 0.25) is 0 Å². The highest BCUT2D eigenvalue weighted by Crippen LogP contribution is 2.53. The fourth-order valence-corrected chi connectivity index (χ4v) is 4.64. The number of para-hydroxylation sites is 2. The summed E-state index contributed by atoms with van der Waals surface area (Å²) >= 11 is 0. The summed E-state index contributed by atoms with van der Waals surface area (Å²) < 4.78 is 5.94. The molecule has 4 aromatic carbocycles. The van der Waals surface area contributed by atoms with Crippen LogP contribution in [0, 0.1) is 0 Å². The topological polar surface area (TPSA) is 12.5 Å². The lowest BCUT2D eigenvalue weighted by Crippen LogP contribution is -2.17. The molecule has 0 unspecified atom stereocenters. The van der Waals surface area contributed by atoms with E-state index < -0.39 is 0 Å². The number of ether oxygens (including phenoxy) is 1. The lowest BCUT2D eigenvalue weighted by atomic mass is 9.82. The Morgan fingerprint density at radius 1 is 0.633 bits per heavy atom. The van der Waals surface area contributed by atoms with Gasteiger partial charge in [-0.2, -0.15) is 0 Å². The van der Waals surface area contributed by atoms with Crippen molar-refractivity contribution in [3.8, 4) is 16.9 Å². The molecule has 1 aliphatic rings. The minimum atomic E-state index is -0.0635. The van der Waals surface area contributed by atoms with Crippen LogP contribution in [-0.4, -0.2) is 7.11 Å². The van der Waals surface area contributed by atoms with E-state index in [0.29, 0.717) is 0 Å². The summed E-state index contributed by atoms with van der Waals surface area (Å²) in [5.74, 6) is 0.869. The van der Waals surface area contributed by atoms with Crippen LogP contribution in [0.1, 0.15) is 25.0 Å². The van der Waals surface area contributed by atoms with Gasteiger partial charge in [-0.25, -0.2) is 0 Å². The molecule has 30 heavy (non-hydrogen) atoms. The third kappa shape index (κ3) is 2.80. The summed E-state index contributed by atoms with van der Waals surface area (Å²) in [6, 6.07) is 34.2. The second kappa shape index (κ2) is 7.07. The molecule has 0 radical (unpaired) electrons. The van der Waals surface area contributed by atoms with Crippen molar-refractivity contribution in [1.29, 1.82) is 0 Å². The highest BCUT2D eigenvalue weighted by Gasteiger charge is 2.36. The van der Waals surface area contributed by atoms with Crippen molar-refractivity contribution in [2.45, 2.75) is 19.3 Å². The smallest absolute Gasteiger partial charge is 0.143 e. The molecule has 0 N–H and O–H groups in total. The molecule has 1 aliphatic carbocycles. The predicted octanol–water partition coefficient (Wildman–Crippen LogP) is 7.47. The van der Waals surface area contributed by atoms with Crippen LogP contribution in [0.4, 0.5) is 17.1 Å². The molecule has 0 saturated heterocycles. The first kappa shape index (κ1) is 18.5. The number of methoxy groups -OCH3 is 1. The van der Waals surface area contributed by atoms with Crippen LogP contribution >= 0.6 is 0 Å². The Kier molecular flexibility index (Phi) is 4.36. The van der Waals surface area contributed by atoms with Crippen LogP contribution in [0.3, 0.4) is 0 Å². The number of hydrogen-bond acceptors (Lipinski definition) is 2. The quantitative estimate of drug-likeness (QED) is 0.358. The van der Waals surface area contributed by atoms with E-state index in [-0.39, 0.29) is 5.41 Å². The van der Waals surface area contributed by atoms with Crippen molar-refractivity contribution >= 4 is 17.1 Å². The average Bonchev–Trinajstić information content (AvgIpc) is 3.02. The molecular formula is C28H25NO. The minimum Gasteiger partial charge on any atom is -0.495 e. The number of hydrogen-bond donors (Lipinski definition) is 0. The van der Waals surface area contributed by atoms with Crippen LogP contribution in [0.25, 0.3) is 11.1 Å². The van der Waals surface area contributed by atoms with Crippen molar-refractivity contribution in [2.24, 2.45) is 0 Å². The van der Waals surface area contributed by atoms with E-state index in [1.165, 1.54) is 22.3 Å². The SMILES string of the molecule is COc1cc2c(cc1N(c1ccccc1)c1ccccc1)C(C)(C)c1ccccc1-2. The van der Waals surface area contributed by atoms with Gasteiger partial charge in [0.05, 0.1) is 12.8 Å². The van der Waals surface area contributed by atoms with Crippen molar-refractivity contribution in [2.75, 3.05) is 12.0 Å². The lowest BCUT2D eigenvalue weighted by molar-refractivity contribution is 0.416. The molecule has 2 nitrogen and oxygen atoms in total. The van der Waals surface area contributed by atoms with Gasteiger partial charge in [0.2, 0.25) is 0 Å². The van der Waals surface area contributed by atoms with E-state index in [1.807, 2.05) is 12.1 Å². The molecule has 0 heterocycles. The Bertz CT molecular complexity index is 1160. The van der Waals surface area contributed by atoms with E-state index in [9.17, 15) is 0 Å². The maximum absolute atomic E-state index is 5.94. The predicted molar refractivity (Wildman–Crippen MR) is 125 cm³/mol. The first-order valence-corrected chi connectivity index (χ1v) is 10.3. The molecule has 0 fully saturated rings. The molecule has 0 amide bonds. The van der Waals surface area contributed by atoms with Gasteiger partial charge in [-0.1, -0.05) is 74.5 Å². The molecule has 0 bridgehead atoms.